The number of halogens is 1. The van der Waals surface area contributed by atoms with E-state index in [1.807, 2.05) is 44.4 Å². The van der Waals surface area contributed by atoms with Gasteiger partial charge in [-0.1, -0.05) is 0 Å². The van der Waals surface area contributed by atoms with Crippen molar-refractivity contribution >= 4 is 33.2 Å². The summed E-state index contributed by atoms with van der Waals surface area (Å²) in [5.41, 5.74) is 3.56. The lowest BCUT2D eigenvalue weighted by molar-refractivity contribution is 0.102. The number of benzene rings is 1. The van der Waals surface area contributed by atoms with Crippen LogP contribution in [0, 0.1) is 13.8 Å². The number of hydrogen-bond acceptors (Lipinski definition) is 4. The van der Waals surface area contributed by atoms with E-state index in [0.29, 0.717) is 41.8 Å². The predicted octanol–water partition coefficient (Wildman–Crippen LogP) is 4.76. The topological polar surface area (TPSA) is 64.9 Å². The number of carbonyl (C=O) groups is 1. The van der Waals surface area contributed by atoms with Gasteiger partial charge in [-0.2, -0.15) is 0 Å². The first-order chi connectivity index (χ1) is 12.9. The molecule has 27 heavy (non-hydrogen) atoms. The summed E-state index contributed by atoms with van der Waals surface area (Å²) in [6.45, 7) is 8.67. The zero-order valence-corrected chi connectivity index (χ0v) is 17.4. The number of nitrogens with zero attached hydrogens (tertiary/aromatic N) is 2. The summed E-state index contributed by atoms with van der Waals surface area (Å²) in [7, 11) is 0. The molecule has 3 aromatic rings. The Morgan fingerprint density at radius 1 is 1.15 bits per heavy atom. The van der Waals surface area contributed by atoms with E-state index >= 15 is 0 Å². The van der Waals surface area contributed by atoms with Crippen molar-refractivity contribution in [3.8, 4) is 11.5 Å². The molecule has 0 spiro atoms. The Morgan fingerprint density at radius 2 is 1.85 bits per heavy atom. The van der Waals surface area contributed by atoms with Crippen LogP contribution in [-0.4, -0.2) is 28.5 Å². The van der Waals surface area contributed by atoms with Crippen LogP contribution in [0.5, 0.6) is 11.5 Å². The second-order valence-corrected chi connectivity index (χ2v) is 6.98. The minimum Gasteiger partial charge on any atom is -0.490 e. The average molecular weight is 432 g/mol. The van der Waals surface area contributed by atoms with E-state index in [0.717, 1.165) is 15.7 Å². The third kappa shape index (κ3) is 3.93. The fraction of sp³-hybridized carbons (Fsp3) is 0.300. The van der Waals surface area contributed by atoms with Gasteiger partial charge >= 0.3 is 0 Å². The molecule has 0 radical (unpaired) electrons. The van der Waals surface area contributed by atoms with Gasteiger partial charge in [-0.05, 0) is 67.4 Å². The SMILES string of the molecule is CCOc1ccc(NC(=O)c2c(C)nc3c(C)cc(Br)cn23)cc1OCC. The van der Waals surface area contributed by atoms with E-state index in [2.05, 4.69) is 26.2 Å². The van der Waals surface area contributed by atoms with Crippen molar-refractivity contribution in [2.75, 3.05) is 18.5 Å². The number of carbonyl (C=O) groups excluding carboxylic acids is 1. The Morgan fingerprint density at radius 3 is 2.56 bits per heavy atom. The molecule has 7 heteroatoms. The molecule has 2 aromatic heterocycles. The summed E-state index contributed by atoms with van der Waals surface area (Å²) in [4.78, 5) is 17.5. The lowest BCUT2D eigenvalue weighted by atomic mass is 10.2. The van der Waals surface area contributed by atoms with Crippen molar-refractivity contribution in [3.63, 3.8) is 0 Å². The normalized spacial score (nSPS) is 10.9. The number of imidazole rings is 1. The molecule has 0 aliphatic rings. The molecule has 2 heterocycles. The molecule has 0 aliphatic heterocycles. The van der Waals surface area contributed by atoms with Crippen LogP contribution in [-0.2, 0) is 0 Å². The maximum Gasteiger partial charge on any atom is 0.274 e. The van der Waals surface area contributed by atoms with Crippen LogP contribution in [0.2, 0.25) is 0 Å². The maximum atomic E-state index is 13.0. The van der Waals surface area contributed by atoms with Gasteiger partial charge in [0.25, 0.3) is 5.91 Å². The summed E-state index contributed by atoms with van der Waals surface area (Å²) in [5, 5.41) is 2.93. The Labute approximate surface area is 166 Å². The summed E-state index contributed by atoms with van der Waals surface area (Å²) in [6.07, 6.45) is 1.85. The van der Waals surface area contributed by atoms with Gasteiger partial charge in [-0.15, -0.1) is 0 Å². The number of aryl methyl sites for hydroxylation is 2. The second-order valence-electron chi connectivity index (χ2n) is 6.06. The van der Waals surface area contributed by atoms with Gasteiger partial charge in [-0.25, -0.2) is 4.98 Å². The highest BCUT2D eigenvalue weighted by molar-refractivity contribution is 9.10. The van der Waals surface area contributed by atoms with Gasteiger partial charge in [0.05, 0.1) is 18.9 Å². The predicted molar refractivity (Wildman–Crippen MR) is 109 cm³/mol. The molecule has 0 fully saturated rings. The number of ether oxygens (including phenoxy) is 2. The van der Waals surface area contributed by atoms with E-state index in [1.165, 1.54) is 0 Å². The number of pyridine rings is 1. The van der Waals surface area contributed by atoms with Gasteiger partial charge in [0, 0.05) is 22.4 Å². The highest BCUT2D eigenvalue weighted by Gasteiger charge is 2.19. The maximum absolute atomic E-state index is 13.0. The van der Waals surface area contributed by atoms with Gasteiger partial charge in [0.1, 0.15) is 11.3 Å². The van der Waals surface area contributed by atoms with Crippen LogP contribution >= 0.6 is 15.9 Å². The van der Waals surface area contributed by atoms with Crippen molar-refractivity contribution < 1.29 is 14.3 Å². The van der Waals surface area contributed by atoms with Crippen molar-refractivity contribution in [2.45, 2.75) is 27.7 Å². The van der Waals surface area contributed by atoms with Crippen LogP contribution in [0.15, 0.2) is 34.9 Å². The molecule has 1 aromatic carbocycles. The van der Waals surface area contributed by atoms with E-state index in [9.17, 15) is 4.79 Å². The van der Waals surface area contributed by atoms with Crippen molar-refractivity contribution in [1.82, 2.24) is 9.38 Å². The zero-order chi connectivity index (χ0) is 19.6. The smallest absolute Gasteiger partial charge is 0.274 e. The molecule has 0 unspecified atom stereocenters. The van der Waals surface area contributed by atoms with Gasteiger partial charge < -0.3 is 14.8 Å². The molecule has 0 aliphatic carbocycles. The van der Waals surface area contributed by atoms with E-state index < -0.39 is 0 Å². The van der Waals surface area contributed by atoms with E-state index in [1.54, 1.807) is 18.2 Å². The standard InChI is InChI=1S/C20H22BrN3O3/c1-5-26-16-8-7-15(10-17(16)27-6-2)23-20(25)18-13(4)22-19-12(3)9-14(21)11-24(18)19/h7-11H,5-6H2,1-4H3,(H,23,25). The quantitative estimate of drug-likeness (QED) is 0.610. The molecule has 0 saturated heterocycles. The number of amides is 1. The van der Waals surface area contributed by atoms with Crippen molar-refractivity contribution in [3.05, 3.63) is 51.9 Å². The molecule has 0 bridgehead atoms. The Balaban J connectivity index is 1.95. The molecule has 1 amide bonds. The van der Waals surface area contributed by atoms with Gasteiger partial charge in [0.2, 0.25) is 0 Å². The highest BCUT2D eigenvalue weighted by atomic mass is 79.9. The van der Waals surface area contributed by atoms with E-state index in [-0.39, 0.29) is 5.91 Å². The first-order valence-corrected chi connectivity index (χ1v) is 9.59. The number of rotatable bonds is 6. The number of hydrogen-bond donors (Lipinski definition) is 1. The minimum absolute atomic E-state index is 0.232. The molecule has 0 atom stereocenters. The minimum atomic E-state index is -0.232. The third-order valence-electron chi connectivity index (χ3n) is 4.06. The van der Waals surface area contributed by atoms with Crippen LogP contribution in [0.1, 0.15) is 35.6 Å². The monoisotopic (exact) mass is 431 g/mol. The lowest BCUT2D eigenvalue weighted by Gasteiger charge is -2.13. The average Bonchev–Trinajstić information content (AvgIpc) is 2.94. The first-order valence-electron chi connectivity index (χ1n) is 8.80. The molecule has 0 saturated carbocycles. The second kappa shape index (κ2) is 8.00. The molecular weight excluding hydrogens is 410 g/mol. The van der Waals surface area contributed by atoms with Crippen molar-refractivity contribution in [2.24, 2.45) is 0 Å². The Hall–Kier alpha value is -2.54. The Bertz CT molecular complexity index is 998. The number of aromatic nitrogens is 2. The summed E-state index contributed by atoms with van der Waals surface area (Å²) in [6, 6.07) is 7.34. The molecule has 142 valence electrons. The van der Waals surface area contributed by atoms with Crippen molar-refractivity contribution in [1.29, 1.82) is 0 Å². The van der Waals surface area contributed by atoms with Gasteiger partial charge in [-0.3, -0.25) is 9.20 Å². The Kier molecular flexibility index (Phi) is 5.70. The fourth-order valence-corrected chi connectivity index (χ4v) is 3.52. The van der Waals surface area contributed by atoms with Gasteiger partial charge in [0.15, 0.2) is 11.5 Å². The summed E-state index contributed by atoms with van der Waals surface area (Å²) in [5.74, 6) is 1.03. The van der Waals surface area contributed by atoms with Crippen LogP contribution in [0.25, 0.3) is 5.65 Å². The van der Waals surface area contributed by atoms with E-state index in [4.69, 9.17) is 9.47 Å². The fourth-order valence-electron chi connectivity index (χ4n) is 2.97. The number of nitrogens with one attached hydrogen (secondary N) is 1. The summed E-state index contributed by atoms with van der Waals surface area (Å²) < 4.78 is 13.9. The lowest BCUT2D eigenvalue weighted by Crippen LogP contribution is -2.16. The highest BCUT2D eigenvalue weighted by Crippen LogP contribution is 2.31. The number of fused-ring (bicyclic) bond motifs is 1. The van der Waals surface area contributed by atoms with Crippen LogP contribution in [0.4, 0.5) is 5.69 Å². The first kappa shape index (κ1) is 19.2. The third-order valence-corrected chi connectivity index (χ3v) is 4.49. The molecular formula is C20H22BrN3O3. The zero-order valence-electron chi connectivity index (χ0n) is 15.8. The number of anilines is 1. The largest absolute Gasteiger partial charge is 0.490 e. The summed E-state index contributed by atoms with van der Waals surface area (Å²) >= 11 is 3.48. The molecule has 1 N–H and O–H groups in total. The molecule has 3 rings (SSSR count). The molecule has 6 nitrogen and oxygen atoms in total. The van der Waals surface area contributed by atoms with Crippen LogP contribution in [0.3, 0.4) is 0 Å². The van der Waals surface area contributed by atoms with Crippen LogP contribution < -0.4 is 14.8 Å².